The standard InChI is InChI=1S/C7H17N3/c1-6-3-4-9-5-7(6)10(2)8/h6-7,9H,3-5,8H2,1-2H3/t6-,7+/m1/s1. The molecule has 1 fully saturated rings. The molecule has 0 aromatic carbocycles. The summed E-state index contributed by atoms with van der Waals surface area (Å²) in [5, 5.41) is 5.14. The van der Waals surface area contributed by atoms with E-state index in [1.165, 1.54) is 6.42 Å². The Morgan fingerprint density at radius 1 is 1.60 bits per heavy atom. The molecule has 3 N–H and O–H groups in total. The van der Waals surface area contributed by atoms with Crippen LogP contribution in [0.4, 0.5) is 0 Å². The van der Waals surface area contributed by atoms with Gasteiger partial charge in [-0.15, -0.1) is 0 Å². The van der Waals surface area contributed by atoms with E-state index in [9.17, 15) is 0 Å². The first-order valence-corrected chi connectivity index (χ1v) is 3.90. The number of rotatable bonds is 1. The molecule has 1 rings (SSSR count). The Morgan fingerprint density at radius 3 is 2.70 bits per heavy atom. The molecule has 3 nitrogen and oxygen atoms in total. The van der Waals surface area contributed by atoms with E-state index >= 15 is 0 Å². The Bertz CT molecular complexity index is 103. The lowest BCUT2D eigenvalue weighted by Gasteiger charge is -2.33. The van der Waals surface area contributed by atoms with Crippen LogP contribution in [0.2, 0.25) is 0 Å². The summed E-state index contributed by atoms with van der Waals surface area (Å²) in [4.78, 5) is 0. The number of likely N-dealkylation sites (N-methyl/N-ethyl adjacent to an activating group) is 1. The largest absolute Gasteiger partial charge is 0.315 e. The average Bonchev–Trinajstić information content (AvgIpc) is 1.88. The molecule has 0 amide bonds. The summed E-state index contributed by atoms with van der Waals surface area (Å²) in [6.07, 6.45) is 1.24. The van der Waals surface area contributed by atoms with Crippen molar-refractivity contribution in [2.45, 2.75) is 19.4 Å². The lowest BCUT2D eigenvalue weighted by molar-refractivity contribution is 0.153. The highest BCUT2D eigenvalue weighted by molar-refractivity contribution is 4.79. The van der Waals surface area contributed by atoms with E-state index in [1.807, 2.05) is 12.1 Å². The van der Waals surface area contributed by atoms with Crippen molar-refractivity contribution in [3.05, 3.63) is 0 Å². The van der Waals surface area contributed by atoms with Gasteiger partial charge in [-0.1, -0.05) is 6.92 Å². The second-order valence-corrected chi connectivity index (χ2v) is 3.20. The molecule has 0 aliphatic carbocycles. The summed E-state index contributed by atoms with van der Waals surface area (Å²) in [7, 11) is 1.94. The Labute approximate surface area is 62.5 Å². The predicted octanol–water partition coefficient (Wildman–Crippen LogP) is -0.210. The molecule has 0 aromatic rings. The summed E-state index contributed by atoms with van der Waals surface area (Å²) in [5.41, 5.74) is 0. The van der Waals surface area contributed by atoms with Crippen molar-refractivity contribution < 1.29 is 0 Å². The zero-order valence-corrected chi connectivity index (χ0v) is 6.80. The normalized spacial score (nSPS) is 34.8. The third kappa shape index (κ3) is 1.68. The highest BCUT2D eigenvalue weighted by atomic mass is 15.4. The first-order chi connectivity index (χ1) is 4.72. The van der Waals surface area contributed by atoms with Gasteiger partial charge in [0.2, 0.25) is 0 Å². The van der Waals surface area contributed by atoms with Crippen LogP contribution >= 0.6 is 0 Å². The fourth-order valence-corrected chi connectivity index (χ4v) is 1.52. The Morgan fingerprint density at radius 2 is 2.30 bits per heavy atom. The van der Waals surface area contributed by atoms with Gasteiger partial charge in [0.15, 0.2) is 0 Å². The molecular weight excluding hydrogens is 126 g/mol. The third-order valence-electron chi connectivity index (χ3n) is 2.31. The second kappa shape index (κ2) is 3.32. The topological polar surface area (TPSA) is 41.3 Å². The molecule has 0 saturated carbocycles. The van der Waals surface area contributed by atoms with Crippen molar-refractivity contribution in [2.75, 3.05) is 20.1 Å². The Balaban J connectivity index is 2.40. The Hall–Kier alpha value is -0.120. The van der Waals surface area contributed by atoms with Crippen LogP contribution in [0.5, 0.6) is 0 Å². The van der Waals surface area contributed by atoms with E-state index in [0.717, 1.165) is 19.0 Å². The lowest BCUT2D eigenvalue weighted by atomic mass is 9.95. The lowest BCUT2D eigenvalue weighted by Crippen LogP contribution is -2.51. The predicted molar refractivity (Wildman–Crippen MR) is 42.4 cm³/mol. The van der Waals surface area contributed by atoms with E-state index in [1.54, 1.807) is 0 Å². The fraction of sp³-hybridized carbons (Fsp3) is 1.00. The number of hydrogen-bond donors (Lipinski definition) is 2. The highest BCUT2D eigenvalue weighted by Crippen LogP contribution is 2.13. The molecule has 0 unspecified atom stereocenters. The van der Waals surface area contributed by atoms with E-state index in [4.69, 9.17) is 5.84 Å². The number of nitrogens with two attached hydrogens (primary N) is 1. The molecular formula is C7H17N3. The van der Waals surface area contributed by atoms with Crippen molar-refractivity contribution in [3.63, 3.8) is 0 Å². The molecule has 10 heavy (non-hydrogen) atoms. The quantitative estimate of drug-likeness (QED) is 0.394. The highest BCUT2D eigenvalue weighted by Gasteiger charge is 2.22. The molecule has 60 valence electrons. The molecule has 0 spiro atoms. The monoisotopic (exact) mass is 143 g/mol. The summed E-state index contributed by atoms with van der Waals surface area (Å²) < 4.78 is 0. The summed E-state index contributed by atoms with van der Waals surface area (Å²) in [5.74, 6) is 6.38. The van der Waals surface area contributed by atoms with E-state index in [2.05, 4.69) is 12.2 Å². The number of piperidine rings is 1. The maximum atomic E-state index is 5.65. The van der Waals surface area contributed by atoms with Crippen LogP contribution in [0.1, 0.15) is 13.3 Å². The van der Waals surface area contributed by atoms with Gasteiger partial charge in [0.1, 0.15) is 0 Å². The van der Waals surface area contributed by atoms with Crippen LogP contribution in [0.25, 0.3) is 0 Å². The molecule has 1 aliphatic heterocycles. The van der Waals surface area contributed by atoms with Crippen molar-refractivity contribution in [1.82, 2.24) is 10.3 Å². The van der Waals surface area contributed by atoms with E-state index in [-0.39, 0.29) is 0 Å². The molecule has 3 heteroatoms. The van der Waals surface area contributed by atoms with Crippen LogP contribution in [0, 0.1) is 5.92 Å². The van der Waals surface area contributed by atoms with Crippen LogP contribution in [0.3, 0.4) is 0 Å². The van der Waals surface area contributed by atoms with Gasteiger partial charge in [0.05, 0.1) is 0 Å². The molecule has 0 bridgehead atoms. The van der Waals surface area contributed by atoms with Gasteiger partial charge in [-0.05, 0) is 18.9 Å². The van der Waals surface area contributed by atoms with Gasteiger partial charge in [-0.25, -0.2) is 5.01 Å². The fourth-order valence-electron chi connectivity index (χ4n) is 1.52. The average molecular weight is 143 g/mol. The van der Waals surface area contributed by atoms with Crippen LogP contribution in [0.15, 0.2) is 0 Å². The van der Waals surface area contributed by atoms with Crippen LogP contribution in [-0.4, -0.2) is 31.2 Å². The first kappa shape index (κ1) is 7.98. The van der Waals surface area contributed by atoms with Crippen molar-refractivity contribution in [2.24, 2.45) is 11.8 Å². The number of nitrogens with one attached hydrogen (secondary N) is 1. The van der Waals surface area contributed by atoms with Crippen molar-refractivity contribution in [3.8, 4) is 0 Å². The minimum atomic E-state index is 0.522. The van der Waals surface area contributed by atoms with Crippen molar-refractivity contribution in [1.29, 1.82) is 0 Å². The number of nitrogens with zero attached hydrogens (tertiary/aromatic N) is 1. The third-order valence-corrected chi connectivity index (χ3v) is 2.31. The molecule has 1 aliphatic rings. The molecule has 0 aromatic heterocycles. The summed E-state index contributed by atoms with van der Waals surface area (Å²) >= 11 is 0. The number of hydrazine groups is 1. The smallest absolute Gasteiger partial charge is 0.0388 e. The minimum Gasteiger partial charge on any atom is -0.315 e. The molecule has 2 atom stereocenters. The Kier molecular flexibility index (Phi) is 2.65. The van der Waals surface area contributed by atoms with Gasteiger partial charge in [-0.2, -0.15) is 0 Å². The van der Waals surface area contributed by atoms with E-state index < -0.39 is 0 Å². The van der Waals surface area contributed by atoms with Crippen LogP contribution < -0.4 is 11.2 Å². The summed E-state index contributed by atoms with van der Waals surface area (Å²) in [6.45, 7) is 4.44. The summed E-state index contributed by atoms with van der Waals surface area (Å²) in [6, 6.07) is 0.522. The SMILES string of the molecule is C[C@@H]1CCNC[C@@H]1N(C)N. The maximum absolute atomic E-state index is 5.65. The number of hydrogen-bond acceptors (Lipinski definition) is 3. The first-order valence-electron chi connectivity index (χ1n) is 3.90. The van der Waals surface area contributed by atoms with Crippen molar-refractivity contribution >= 4 is 0 Å². The van der Waals surface area contributed by atoms with Gasteiger partial charge >= 0.3 is 0 Å². The van der Waals surface area contributed by atoms with Gasteiger partial charge in [0, 0.05) is 19.6 Å². The van der Waals surface area contributed by atoms with Gasteiger partial charge < -0.3 is 5.32 Å². The van der Waals surface area contributed by atoms with Gasteiger partial charge in [-0.3, -0.25) is 5.84 Å². The molecule has 0 radical (unpaired) electrons. The molecule has 1 saturated heterocycles. The van der Waals surface area contributed by atoms with E-state index in [0.29, 0.717) is 6.04 Å². The maximum Gasteiger partial charge on any atom is 0.0388 e. The zero-order chi connectivity index (χ0) is 7.56. The van der Waals surface area contributed by atoms with Gasteiger partial charge in [0.25, 0.3) is 0 Å². The second-order valence-electron chi connectivity index (χ2n) is 3.20. The zero-order valence-electron chi connectivity index (χ0n) is 6.80. The van der Waals surface area contributed by atoms with Crippen LogP contribution in [-0.2, 0) is 0 Å². The minimum absolute atomic E-state index is 0.522. The molecule has 1 heterocycles.